The number of aromatic nitrogens is 3. The van der Waals surface area contributed by atoms with Crippen molar-refractivity contribution >= 4 is 43.6 Å². The highest BCUT2D eigenvalue weighted by molar-refractivity contribution is 6.12. The molecule has 7 aromatic carbocycles. The molecule has 0 spiro atoms. The van der Waals surface area contributed by atoms with Crippen molar-refractivity contribution in [2.75, 3.05) is 0 Å². The van der Waals surface area contributed by atoms with E-state index in [1.165, 1.54) is 33.4 Å². The second-order valence-electron chi connectivity index (χ2n) is 14.0. The van der Waals surface area contributed by atoms with E-state index in [9.17, 15) is 5.26 Å². The summed E-state index contributed by atoms with van der Waals surface area (Å²) in [6.07, 6.45) is 3.70. The maximum absolute atomic E-state index is 11.3. The molecule has 4 heteroatoms. The zero-order chi connectivity index (χ0) is 36.3. The number of nitriles is 1. The molecule has 0 aliphatic rings. The zero-order valence-electron chi connectivity index (χ0n) is 30.0. The van der Waals surface area contributed by atoms with Gasteiger partial charge in [-0.15, -0.1) is 0 Å². The van der Waals surface area contributed by atoms with Crippen LogP contribution in [-0.4, -0.2) is 14.1 Å². The SMILES string of the molecule is Cc1ccccc1-c1ccc2c(c1)c1ccccc1n2-c1cc(-c2cccnc2)cc(-n2c3ccccc3c3cc(-c4ccccc4C)ccc32)c1C#N. The lowest BCUT2D eigenvalue weighted by atomic mass is 9.98. The van der Waals surface area contributed by atoms with Crippen molar-refractivity contribution in [3.8, 4) is 50.8 Å². The molecule has 54 heavy (non-hydrogen) atoms. The third kappa shape index (κ3) is 4.87. The van der Waals surface area contributed by atoms with E-state index in [1.807, 2.05) is 12.3 Å². The molecule has 0 unspecified atom stereocenters. The number of hydrogen-bond donors (Lipinski definition) is 0. The van der Waals surface area contributed by atoms with Crippen molar-refractivity contribution in [2.24, 2.45) is 0 Å². The van der Waals surface area contributed by atoms with Gasteiger partial charge in [0.25, 0.3) is 0 Å². The fourth-order valence-electron chi connectivity index (χ4n) is 8.37. The summed E-state index contributed by atoms with van der Waals surface area (Å²) in [5.41, 5.74) is 15.6. The van der Waals surface area contributed by atoms with Gasteiger partial charge in [-0.2, -0.15) is 5.26 Å². The fraction of sp³-hybridized carbons (Fsp3) is 0.0400. The molecule has 4 nitrogen and oxygen atoms in total. The van der Waals surface area contributed by atoms with E-state index in [2.05, 4.69) is 186 Å². The number of pyridine rings is 1. The molecular formula is C50H34N4. The standard InChI is InChI=1S/C50H34N4/c1-32-12-3-5-15-38(32)34-21-23-47-42(26-34)40-17-7-9-19-45(40)53(47)49-28-37(36-14-11-25-52-31-36)29-50(44(49)30-51)54-46-20-10-8-18-41(46)43-27-35(22-24-48(43)54)39-16-6-4-13-33(39)2/h3-29,31H,1-2H3. The third-order valence-corrected chi connectivity index (χ3v) is 10.9. The summed E-state index contributed by atoms with van der Waals surface area (Å²) < 4.78 is 4.55. The minimum Gasteiger partial charge on any atom is -0.308 e. The highest BCUT2D eigenvalue weighted by Gasteiger charge is 2.23. The van der Waals surface area contributed by atoms with Gasteiger partial charge in [-0.1, -0.05) is 103 Å². The van der Waals surface area contributed by atoms with Gasteiger partial charge in [-0.25, -0.2) is 0 Å². The first-order valence-corrected chi connectivity index (χ1v) is 18.3. The smallest absolute Gasteiger partial charge is 0.104 e. The summed E-state index contributed by atoms with van der Waals surface area (Å²) in [5.74, 6) is 0. The summed E-state index contributed by atoms with van der Waals surface area (Å²) in [6.45, 7) is 4.32. The van der Waals surface area contributed by atoms with Gasteiger partial charge in [0, 0.05) is 39.5 Å². The van der Waals surface area contributed by atoms with Crippen LogP contribution >= 0.6 is 0 Å². The van der Waals surface area contributed by atoms with Crippen LogP contribution in [0.2, 0.25) is 0 Å². The van der Waals surface area contributed by atoms with Crippen molar-refractivity contribution < 1.29 is 0 Å². The Morgan fingerprint density at radius 1 is 0.444 bits per heavy atom. The molecule has 10 aromatic rings. The van der Waals surface area contributed by atoms with E-state index >= 15 is 0 Å². The van der Waals surface area contributed by atoms with Crippen molar-refractivity contribution in [3.05, 3.63) is 187 Å². The third-order valence-electron chi connectivity index (χ3n) is 10.9. The Morgan fingerprint density at radius 3 is 1.41 bits per heavy atom. The van der Waals surface area contributed by atoms with Crippen LogP contribution in [0.3, 0.4) is 0 Å². The van der Waals surface area contributed by atoms with Crippen LogP contribution in [0, 0.1) is 25.2 Å². The topological polar surface area (TPSA) is 46.5 Å². The maximum atomic E-state index is 11.3. The Morgan fingerprint density at radius 2 is 0.926 bits per heavy atom. The average Bonchev–Trinajstić information content (AvgIpc) is 3.73. The van der Waals surface area contributed by atoms with Crippen molar-refractivity contribution in [1.29, 1.82) is 5.26 Å². The first-order valence-electron chi connectivity index (χ1n) is 18.3. The van der Waals surface area contributed by atoms with Crippen molar-refractivity contribution in [1.82, 2.24) is 14.1 Å². The number of nitrogens with zero attached hydrogens (tertiary/aromatic N) is 4. The Labute approximate surface area is 313 Å². The van der Waals surface area contributed by atoms with Gasteiger partial charge in [-0.3, -0.25) is 4.98 Å². The molecule has 0 fully saturated rings. The quantitative estimate of drug-likeness (QED) is 0.180. The molecule has 3 heterocycles. The van der Waals surface area contributed by atoms with Crippen LogP contribution in [0.5, 0.6) is 0 Å². The van der Waals surface area contributed by atoms with E-state index in [-0.39, 0.29) is 0 Å². The summed E-state index contributed by atoms with van der Waals surface area (Å²) >= 11 is 0. The van der Waals surface area contributed by atoms with Crippen LogP contribution < -0.4 is 0 Å². The molecule has 0 bridgehead atoms. The molecule has 10 rings (SSSR count). The van der Waals surface area contributed by atoms with Crippen LogP contribution in [0.1, 0.15) is 16.7 Å². The molecule has 254 valence electrons. The van der Waals surface area contributed by atoms with Crippen LogP contribution in [0.15, 0.2) is 170 Å². The number of rotatable bonds is 5. The summed E-state index contributed by atoms with van der Waals surface area (Å²) in [5, 5.41) is 15.9. The van der Waals surface area contributed by atoms with Gasteiger partial charge in [-0.05, 0) is 107 Å². The maximum Gasteiger partial charge on any atom is 0.104 e. The van der Waals surface area contributed by atoms with Crippen molar-refractivity contribution in [2.45, 2.75) is 13.8 Å². The number of para-hydroxylation sites is 2. The average molecular weight is 691 g/mol. The van der Waals surface area contributed by atoms with E-state index in [0.29, 0.717) is 5.56 Å². The van der Waals surface area contributed by atoms with Crippen LogP contribution in [0.4, 0.5) is 0 Å². The lowest BCUT2D eigenvalue weighted by Gasteiger charge is -2.18. The number of aryl methyl sites for hydroxylation is 2. The summed E-state index contributed by atoms with van der Waals surface area (Å²) in [4.78, 5) is 4.50. The molecular weight excluding hydrogens is 657 g/mol. The minimum atomic E-state index is 0.596. The molecule has 0 atom stereocenters. The second-order valence-corrected chi connectivity index (χ2v) is 14.0. The predicted molar refractivity (Wildman–Crippen MR) is 223 cm³/mol. The minimum absolute atomic E-state index is 0.596. The van der Waals surface area contributed by atoms with Gasteiger partial charge in [0.15, 0.2) is 0 Å². The first kappa shape index (κ1) is 31.5. The van der Waals surface area contributed by atoms with Crippen LogP contribution in [0.25, 0.3) is 88.4 Å². The van der Waals surface area contributed by atoms with Gasteiger partial charge >= 0.3 is 0 Å². The molecule has 0 saturated heterocycles. The molecule has 0 N–H and O–H groups in total. The molecule has 0 aliphatic carbocycles. The predicted octanol–water partition coefficient (Wildman–Crippen LogP) is 12.8. The Bertz CT molecular complexity index is 2950. The number of benzene rings is 7. The van der Waals surface area contributed by atoms with E-state index in [4.69, 9.17) is 0 Å². The molecule has 0 radical (unpaired) electrons. The molecule has 0 amide bonds. The largest absolute Gasteiger partial charge is 0.308 e. The monoisotopic (exact) mass is 690 g/mol. The van der Waals surface area contributed by atoms with Gasteiger partial charge in [0.1, 0.15) is 11.6 Å². The van der Waals surface area contributed by atoms with Gasteiger partial charge in [0.2, 0.25) is 0 Å². The highest BCUT2D eigenvalue weighted by Crippen LogP contribution is 2.42. The Hall–Kier alpha value is -7.22. The van der Waals surface area contributed by atoms with Gasteiger partial charge in [0.05, 0.1) is 33.4 Å². The summed E-state index contributed by atoms with van der Waals surface area (Å²) in [6, 6.07) is 58.6. The second kappa shape index (κ2) is 12.5. The van der Waals surface area contributed by atoms with E-state index in [0.717, 1.165) is 66.1 Å². The van der Waals surface area contributed by atoms with Gasteiger partial charge < -0.3 is 9.13 Å². The highest BCUT2D eigenvalue weighted by atomic mass is 15.0. The lowest BCUT2D eigenvalue weighted by molar-refractivity contribution is 1.12. The van der Waals surface area contributed by atoms with E-state index in [1.54, 1.807) is 6.20 Å². The summed E-state index contributed by atoms with van der Waals surface area (Å²) in [7, 11) is 0. The first-order chi connectivity index (χ1) is 26.6. The Balaban J connectivity index is 1.30. The van der Waals surface area contributed by atoms with E-state index < -0.39 is 0 Å². The normalized spacial score (nSPS) is 11.5. The zero-order valence-corrected chi connectivity index (χ0v) is 30.0. The van der Waals surface area contributed by atoms with Crippen molar-refractivity contribution in [3.63, 3.8) is 0 Å². The Kier molecular flexibility index (Phi) is 7.28. The molecule has 3 aromatic heterocycles. The molecule has 0 saturated carbocycles. The molecule has 0 aliphatic heterocycles. The lowest BCUT2D eigenvalue weighted by Crippen LogP contribution is -2.05. The fourth-order valence-corrected chi connectivity index (χ4v) is 8.37. The number of fused-ring (bicyclic) bond motifs is 6. The number of hydrogen-bond acceptors (Lipinski definition) is 2. The van der Waals surface area contributed by atoms with Crippen LogP contribution in [-0.2, 0) is 0 Å².